The molecule has 15 heteroatoms. The number of esters is 2. The van der Waals surface area contributed by atoms with Crippen LogP contribution in [0.3, 0.4) is 0 Å². The first kappa shape index (κ1) is 37.5. The molecule has 0 unspecified atom stereocenters. The zero-order chi connectivity index (χ0) is 37.6. The lowest BCUT2D eigenvalue weighted by atomic mass is 9.95. The second kappa shape index (κ2) is 16.6. The van der Waals surface area contributed by atoms with Crippen LogP contribution in [0.15, 0.2) is 74.1 Å². The zero-order valence-corrected chi connectivity index (χ0v) is 32.1. The van der Waals surface area contributed by atoms with Gasteiger partial charge >= 0.3 is 11.9 Å². The van der Waals surface area contributed by atoms with Crippen LogP contribution in [0.1, 0.15) is 50.4 Å². The fourth-order valence-corrected chi connectivity index (χ4v) is 7.42. The van der Waals surface area contributed by atoms with Gasteiger partial charge in [-0.05, 0) is 103 Å². The number of carbonyl (C=O) groups excluding carboxylic acids is 2. The number of fused-ring (bicyclic) bond motifs is 2. The molecule has 6 rings (SSSR count). The number of carbonyl (C=O) groups is 2. The number of nitrogens with zero attached hydrogens (tertiary/aromatic N) is 2. The van der Waals surface area contributed by atoms with Crippen LogP contribution >= 0.6 is 27.3 Å². The number of benzene rings is 3. The molecular weight excluding hydrogens is 772 g/mol. The van der Waals surface area contributed by atoms with Crippen molar-refractivity contribution >= 4 is 45.3 Å². The molecule has 0 aliphatic carbocycles. The lowest BCUT2D eigenvalue weighted by Gasteiger charge is -2.25. The van der Waals surface area contributed by atoms with Gasteiger partial charge in [0.25, 0.3) is 5.56 Å². The average molecular weight is 810 g/mol. The summed E-state index contributed by atoms with van der Waals surface area (Å²) in [5.74, 6) is 1.80. The standard InChI is InChI=1S/C38H37BrN2O11S/c1-6-46-29-17-24(10-12-26(29)49-19-32(42)45-5)34-33(37(44)48-8-3)21(4)40-38-41(34)36(43)31(53-38)16-23-13-25(39)35(30(15-23)47-7-2)50-18-22-9-11-27-28(14-22)52-20-51-27/h9-17,34H,6-8,18-20H2,1-5H3/b31-16-/t34-/m0/s1. The number of hydrogen-bond donors (Lipinski definition) is 0. The van der Waals surface area contributed by atoms with Gasteiger partial charge in [-0.15, -0.1) is 0 Å². The molecule has 278 valence electrons. The first-order chi connectivity index (χ1) is 25.6. The van der Waals surface area contributed by atoms with Crippen molar-refractivity contribution in [3.8, 4) is 34.5 Å². The van der Waals surface area contributed by atoms with Crippen molar-refractivity contribution in [2.24, 2.45) is 4.99 Å². The minimum atomic E-state index is -0.904. The molecule has 0 fully saturated rings. The predicted molar refractivity (Wildman–Crippen MR) is 198 cm³/mol. The van der Waals surface area contributed by atoms with E-state index in [0.29, 0.717) is 78.3 Å². The van der Waals surface area contributed by atoms with Crippen molar-refractivity contribution in [2.75, 3.05) is 40.3 Å². The van der Waals surface area contributed by atoms with Gasteiger partial charge < -0.3 is 37.9 Å². The number of ether oxygens (including phenoxy) is 8. The Kier molecular flexibility index (Phi) is 11.7. The largest absolute Gasteiger partial charge is 0.490 e. The Bertz CT molecular complexity index is 2260. The molecule has 3 heterocycles. The number of thiazole rings is 1. The lowest BCUT2D eigenvalue weighted by molar-refractivity contribution is -0.143. The van der Waals surface area contributed by atoms with E-state index in [9.17, 15) is 14.4 Å². The van der Waals surface area contributed by atoms with E-state index in [1.165, 1.54) is 23.0 Å². The van der Waals surface area contributed by atoms with E-state index in [-0.39, 0.29) is 37.7 Å². The van der Waals surface area contributed by atoms with Crippen LogP contribution in [0.4, 0.5) is 0 Å². The number of aromatic nitrogens is 1. The highest BCUT2D eigenvalue weighted by Gasteiger charge is 2.34. The van der Waals surface area contributed by atoms with E-state index in [1.54, 1.807) is 51.1 Å². The average Bonchev–Trinajstić information content (AvgIpc) is 3.73. The SMILES string of the molecule is CCOC(=O)C1=C(C)N=c2s/c(=C\c3cc(Br)c(OCc4ccc5c(c4)OCO5)c(OCC)c3)c(=O)n2[C@H]1c1ccc(OCC(=O)OC)c(OCC)c1. The fourth-order valence-electron chi connectivity index (χ4n) is 5.80. The summed E-state index contributed by atoms with van der Waals surface area (Å²) in [6.07, 6.45) is 1.74. The van der Waals surface area contributed by atoms with Gasteiger partial charge in [-0.3, -0.25) is 9.36 Å². The summed E-state index contributed by atoms with van der Waals surface area (Å²) in [6.45, 7) is 8.01. The molecule has 0 saturated carbocycles. The van der Waals surface area contributed by atoms with Gasteiger partial charge in [0.2, 0.25) is 6.79 Å². The number of halogens is 1. The minimum absolute atomic E-state index is 0.130. The van der Waals surface area contributed by atoms with Crippen LogP contribution in [0.25, 0.3) is 6.08 Å². The number of methoxy groups -OCH3 is 1. The summed E-state index contributed by atoms with van der Waals surface area (Å²) in [5, 5.41) is 0. The molecule has 1 aromatic heterocycles. The third-order valence-corrected chi connectivity index (χ3v) is 9.70. The molecule has 0 saturated heterocycles. The lowest BCUT2D eigenvalue weighted by Crippen LogP contribution is -2.40. The Labute approximate surface area is 317 Å². The maximum absolute atomic E-state index is 14.3. The summed E-state index contributed by atoms with van der Waals surface area (Å²) in [7, 11) is 1.27. The number of allylic oxidation sites excluding steroid dienone is 1. The Balaban J connectivity index is 1.39. The maximum Gasteiger partial charge on any atom is 0.343 e. The normalized spacial score (nSPS) is 14.7. The van der Waals surface area contributed by atoms with Gasteiger partial charge in [0.1, 0.15) is 6.61 Å². The molecule has 0 bridgehead atoms. The third kappa shape index (κ3) is 8.05. The second-order valence-corrected chi connectivity index (χ2v) is 13.4. The summed E-state index contributed by atoms with van der Waals surface area (Å²) in [5.41, 5.74) is 2.36. The fraction of sp³-hybridized carbons (Fsp3) is 0.316. The van der Waals surface area contributed by atoms with E-state index in [0.717, 1.165) is 5.56 Å². The van der Waals surface area contributed by atoms with Crippen LogP contribution < -0.4 is 43.3 Å². The molecule has 2 aliphatic rings. The molecule has 0 radical (unpaired) electrons. The van der Waals surface area contributed by atoms with Gasteiger partial charge in [-0.25, -0.2) is 14.6 Å². The molecular formula is C38H37BrN2O11S. The number of hydrogen-bond acceptors (Lipinski definition) is 13. The molecule has 1 atom stereocenters. The Morgan fingerprint density at radius 3 is 2.47 bits per heavy atom. The number of rotatable bonds is 14. The monoisotopic (exact) mass is 808 g/mol. The first-order valence-electron chi connectivity index (χ1n) is 16.8. The van der Waals surface area contributed by atoms with Crippen molar-refractivity contribution in [3.05, 3.63) is 101 Å². The van der Waals surface area contributed by atoms with E-state index < -0.39 is 18.0 Å². The van der Waals surface area contributed by atoms with Gasteiger partial charge in [0.15, 0.2) is 45.9 Å². The topological polar surface area (TPSA) is 142 Å². The third-order valence-electron chi connectivity index (χ3n) is 8.12. The van der Waals surface area contributed by atoms with Crippen molar-refractivity contribution in [1.29, 1.82) is 0 Å². The molecule has 13 nitrogen and oxygen atoms in total. The highest BCUT2D eigenvalue weighted by Crippen LogP contribution is 2.39. The van der Waals surface area contributed by atoms with Crippen LogP contribution in [0, 0.1) is 0 Å². The Morgan fingerprint density at radius 1 is 0.943 bits per heavy atom. The van der Waals surface area contributed by atoms with Crippen LogP contribution in [0.2, 0.25) is 0 Å². The van der Waals surface area contributed by atoms with E-state index in [2.05, 4.69) is 20.9 Å². The smallest absolute Gasteiger partial charge is 0.343 e. The van der Waals surface area contributed by atoms with E-state index in [1.807, 2.05) is 31.2 Å². The summed E-state index contributed by atoms with van der Waals surface area (Å²) in [4.78, 5) is 44.6. The summed E-state index contributed by atoms with van der Waals surface area (Å²) < 4.78 is 47.2. The van der Waals surface area contributed by atoms with Crippen molar-refractivity contribution in [2.45, 2.75) is 40.3 Å². The highest BCUT2D eigenvalue weighted by atomic mass is 79.9. The quantitative estimate of drug-likeness (QED) is 0.155. The van der Waals surface area contributed by atoms with Gasteiger partial charge in [-0.1, -0.05) is 23.5 Å². The molecule has 2 aliphatic heterocycles. The first-order valence-corrected chi connectivity index (χ1v) is 18.4. The molecule has 4 aromatic rings. The van der Waals surface area contributed by atoms with Crippen LogP contribution in [-0.2, 0) is 25.7 Å². The minimum Gasteiger partial charge on any atom is -0.490 e. The van der Waals surface area contributed by atoms with Gasteiger partial charge in [-0.2, -0.15) is 0 Å². The van der Waals surface area contributed by atoms with E-state index in [4.69, 9.17) is 37.9 Å². The summed E-state index contributed by atoms with van der Waals surface area (Å²) in [6, 6.07) is 13.4. The van der Waals surface area contributed by atoms with Crippen molar-refractivity contribution < 1.29 is 47.5 Å². The van der Waals surface area contributed by atoms with Gasteiger partial charge in [0, 0.05) is 0 Å². The molecule has 0 amide bonds. The Hall–Kier alpha value is -5.28. The van der Waals surface area contributed by atoms with Crippen molar-refractivity contribution in [3.63, 3.8) is 0 Å². The molecule has 0 spiro atoms. The van der Waals surface area contributed by atoms with Crippen LogP contribution in [-0.4, -0.2) is 56.8 Å². The molecule has 3 aromatic carbocycles. The Morgan fingerprint density at radius 2 is 1.72 bits per heavy atom. The van der Waals surface area contributed by atoms with E-state index >= 15 is 0 Å². The molecule has 53 heavy (non-hydrogen) atoms. The molecule has 0 N–H and O–H groups in total. The summed E-state index contributed by atoms with van der Waals surface area (Å²) >= 11 is 4.83. The zero-order valence-electron chi connectivity index (χ0n) is 29.7. The van der Waals surface area contributed by atoms with Crippen LogP contribution in [0.5, 0.6) is 34.5 Å². The van der Waals surface area contributed by atoms with Gasteiger partial charge in [0.05, 0.1) is 53.2 Å². The highest BCUT2D eigenvalue weighted by molar-refractivity contribution is 9.10. The maximum atomic E-state index is 14.3. The van der Waals surface area contributed by atoms with Crippen molar-refractivity contribution in [1.82, 2.24) is 4.57 Å². The second-order valence-electron chi connectivity index (χ2n) is 11.5. The predicted octanol–water partition coefficient (Wildman–Crippen LogP) is 5.22.